The fourth-order valence-corrected chi connectivity index (χ4v) is 8.89. The molecule has 0 bridgehead atoms. The number of hydrogen-bond donors (Lipinski definition) is 0. The third-order valence-corrected chi connectivity index (χ3v) is 11.0. The van der Waals surface area contributed by atoms with Crippen LogP contribution in [0, 0.1) is 29.1 Å². The number of ether oxygens (including phenoxy) is 2. The molecule has 0 unspecified atom stereocenters. The Morgan fingerprint density at radius 3 is 2.48 bits per heavy atom. The Balaban J connectivity index is 1.11. The summed E-state index contributed by atoms with van der Waals surface area (Å²) >= 11 is 11.9. The zero-order valence-corrected chi connectivity index (χ0v) is 26.8. The third-order valence-electron chi connectivity index (χ3n) is 10.7. The summed E-state index contributed by atoms with van der Waals surface area (Å²) in [6.07, 6.45) is 14.6. The molecule has 6 atom stereocenters. The Kier molecular flexibility index (Phi) is 10.6. The van der Waals surface area contributed by atoms with Gasteiger partial charge in [0.1, 0.15) is 11.9 Å². The normalized spacial score (nSPS) is 29.9. The maximum atomic E-state index is 12.7. The molecule has 5 rings (SSSR count). The molecule has 7 heteroatoms. The zero-order chi connectivity index (χ0) is 29.7. The molecule has 2 saturated carbocycles. The van der Waals surface area contributed by atoms with Crippen LogP contribution in [-0.4, -0.2) is 42.9 Å². The average molecular weight is 617 g/mol. The number of hydrogen-bond acceptors (Lipinski definition) is 5. The van der Waals surface area contributed by atoms with Gasteiger partial charge in [0.05, 0.1) is 0 Å². The molecule has 230 valence electrons. The molecule has 0 spiro atoms. The highest BCUT2D eigenvalue weighted by atomic mass is 35.5. The maximum Gasteiger partial charge on any atom is 0.310 e. The van der Waals surface area contributed by atoms with Crippen molar-refractivity contribution in [2.45, 2.75) is 90.6 Å². The minimum Gasteiger partial charge on any atom is -0.462 e. The molecule has 0 saturated heterocycles. The van der Waals surface area contributed by atoms with Crippen LogP contribution in [0.15, 0.2) is 47.7 Å². The highest BCUT2D eigenvalue weighted by Gasteiger charge is 2.57. The van der Waals surface area contributed by atoms with Crippen molar-refractivity contribution >= 4 is 40.8 Å². The fraction of sp³-hybridized carbons (Fsp3) is 0.657. The number of esters is 2. The first-order valence-corrected chi connectivity index (χ1v) is 17.2. The summed E-state index contributed by atoms with van der Waals surface area (Å²) in [4.78, 5) is 27.0. The van der Waals surface area contributed by atoms with Crippen LogP contribution in [-0.2, 0) is 25.5 Å². The molecule has 5 nitrogen and oxygen atoms in total. The smallest absolute Gasteiger partial charge is 0.310 e. The maximum absolute atomic E-state index is 12.7. The van der Waals surface area contributed by atoms with E-state index >= 15 is 0 Å². The van der Waals surface area contributed by atoms with E-state index in [-0.39, 0.29) is 23.5 Å². The molecule has 42 heavy (non-hydrogen) atoms. The Morgan fingerprint density at radius 1 is 1.00 bits per heavy atom. The highest BCUT2D eigenvalue weighted by Crippen LogP contribution is 2.61. The van der Waals surface area contributed by atoms with Gasteiger partial charge in [-0.1, -0.05) is 32.1 Å². The monoisotopic (exact) mass is 615 g/mol. The number of fused-ring (bicyclic) bond motifs is 5. The van der Waals surface area contributed by atoms with Crippen molar-refractivity contribution in [1.82, 2.24) is 0 Å². The first kappa shape index (κ1) is 31.4. The molecule has 0 N–H and O–H groups in total. The molecule has 4 aliphatic rings. The lowest BCUT2D eigenvalue weighted by molar-refractivity contribution is -0.158. The molecule has 4 aliphatic carbocycles. The van der Waals surface area contributed by atoms with Crippen LogP contribution in [0.1, 0.15) is 83.6 Å². The van der Waals surface area contributed by atoms with Gasteiger partial charge in [-0.05, 0) is 104 Å². The van der Waals surface area contributed by atoms with E-state index in [2.05, 4.69) is 48.2 Å². The second-order valence-electron chi connectivity index (χ2n) is 12.9. The third kappa shape index (κ3) is 6.88. The van der Waals surface area contributed by atoms with E-state index < -0.39 is 0 Å². The average Bonchev–Trinajstić information content (AvgIpc) is 3.32. The molecular weight excluding hydrogens is 569 g/mol. The summed E-state index contributed by atoms with van der Waals surface area (Å²) in [7, 11) is 0. The van der Waals surface area contributed by atoms with Gasteiger partial charge in [-0.2, -0.15) is 0 Å². The van der Waals surface area contributed by atoms with Gasteiger partial charge in [0.25, 0.3) is 0 Å². The van der Waals surface area contributed by atoms with Gasteiger partial charge in [-0.3, -0.25) is 9.59 Å². The summed E-state index contributed by atoms with van der Waals surface area (Å²) in [5.41, 5.74) is 3.82. The summed E-state index contributed by atoms with van der Waals surface area (Å²) < 4.78 is 11.8. The van der Waals surface area contributed by atoms with Crippen LogP contribution < -0.4 is 4.90 Å². The lowest BCUT2D eigenvalue weighted by Gasteiger charge is -2.52. The lowest BCUT2D eigenvalue weighted by atomic mass is 9.53. The lowest BCUT2D eigenvalue weighted by Crippen LogP contribution is -2.47. The van der Waals surface area contributed by atoms with Gasteiger partial charge in [0, 0.05) is 55.2 Å². The number of carbonyl (C=O) groups excluding carboxylic acids is 2. The molecule has 1 aromatic carbocycles. The Bertz CT molecular complexity index is 1160. The van der Waals surface area contributed by atoms with Gasteiger partial charge < -0.3 is 14.4 Å². The topological polar surface area (TPSA) is 55.8 Å². The Labute approximate surface area is 262 Å². The largest absolute Gasteiger partial charge is 0.462 e. The van der Waals surface area contributed by atoms with E-state index in [1.54, 1.807) is 0 Å². The zero-order valence-electron chi connectivity index (χ0n) is 25.3. The van der Waals surface area contributed by atoms with Crippen LogP contribution >= 0.6 is 23.2 Å². The molecule has 2 fully saturated rings. The van der Waals surface area contributed by atoms with Crippen molar-refractivity contribution < 1.29 is 19.1 Å². The van der Waals surface area contributed by atoms with Crippen molar-refractivity contribution in [2.75, 3.05) is 29.7 Å². The predicted molar refractivity (Wildman–Crippen MR) is 170 cm³/mol. The number of benzene rings is 1. The second kappa shape index (κ2) is 14.2. The van der Waals surface area contributed by atoms with Crippen molar-refractivity contribution in [3.8, 4) is 0 Å². The first-order valence-electron chi connectivity index (χ1n) is 16.1. The number of carbonyl (C=O) groups is 2. The first-order chi connectivity index (χ1) is 20.4. The quantitative estimate of drug-likeness (QED) is 0.175. The van der Waals surface area contributed by atoms with Crippen LogP contribution in [0.3, 0.4) is 0 Å². The number of allylic oxidation sites excluding steroid dienone is 4. The van der Waals surface area contributed by atoms with Gasteiger partial charge in [-0.25, -0.2) is 0 Å². The van der Waals surface area contributed by atoms with Crippen LogP contribution in [0.2, 0.25) is 0 Å². The summed E-state index contributed by atoms with van der Waals surface area (Å²) in [6, 6.07) is 8.47. The van der Waals surface area contributed by atoms with Crippen molar-refractivity contribution in [3.63, 3.8) is 0 Å². The predicted octanol–water partition coefficient (Wildman–Crippen LogP) is 8.22. The van der Waals surface area contributed by atoms with E-state index in [1.165, 1.54) is 24.0 Å². The van der Waals surface area contributed by atoms with Crippen molar-refractivity contribution in [2.24, 2.45) is 29.1 Å². The molecular formula is C35H47Cl2NO4. The van der Waals surface area contributed by atoms with Crippen LogP contribution in [0.5, 0.6) is 0 Å². The number of alkyl halides is 2. The van der Waals surface area contributed by atoms with Crippen LogP contribution in [0.4, 0.5) is 5.69 Å². The molecule has 0 aliphatic heterocycles. The number of anilines is 1. The SMILES string of the molecule is CCC(=O)O[C@H]1CC[C@H]2[C@@H]3CC=C4C=C(OC(=O)CCCc5ccc(N(CCCl)CCCl)cc5)CC[C@@H]4[C@H]3CC[C@]12C. The van der Waals surface area contributed by atoms with Gasteiger partial charge >= 0.3 is 11.9 Å². The van der Waals surface area contributed by atoms with E-state index in [9.17, 15) is 9.59 Å². The summed E-state index contributed by atoms with van der Waals surface area (Å²) in [5.74, 6) is 4.30. The number of aryl methyl sites for hydroxylation is 1. The Hall–Kier alpha value is -1.98. The molecule has 0 heterocycles. The van der Waals surface area contributed by atoms with Gasteiger partial charge in [-0.15, -0.1) is 23.2 Å². The number of nitrogens with zero attached hydrogens (tertiary/aromatic N) is 1. The highest BCUT2D eigenvalue weighted by molar-refractivity contribution is 6.18. The van der Waals surface area contributed by atoms with E-state index in [4.69, 9.17) is 32.7 Å². The van der Waals surface area contributed by atoms with Crippen molar-refractivity contribution in [3.05, 3.63) is 53.3 Å². The number of rotatable bonds is 12. The molecule has 0 aromatic heterocycles. The minimum absolute atomic E-state index is 0.0586. The summed E-state index contributed by atoms with van der Waals surface area (Å²) in [5, 5.41) is 0. The fourth-order valence-electron chi connectivity index (χ4n) is 8.48. The standard InChI is InChI=1S/C35H47Cl2NO4/c1-3-33(39)42-32-16-15-31-30-13-9-25-23-27(12-14-28(25)29(30)17-18-35(31,32)2)41-34(40)6-4-5-24-7-10-26(11-8-24)38(21-19-36)22-20-37/h7-11,23,28-32H,3-6,12-22H2,1-2H3/t28-,29+,30+,31-,32-,35-/m0/s1. The van der Waals surface area contributed by atoms with E-state index in [1.807, 2.05) is 6.92 Å². The van der Waals surface area contributed by atoms with E-state index in [0.717, 1.165) is 69.5 Å². The summed E-state index contributed by atoms with van der Waals surface area (Å²) in [6.45, 7) is 5.80. The molecule has 0 amide bonds. The Morgan fingerprint density at radius 2 is 1.76 bits per heavy atom. The molecule has 0 radical (unpaired) electrons. The van der Waals surface area contributed by atoms with Gasteiger partial charge in [0.15, 0.2) is 0 Å². The number of halogens is 2. The minimum atomic E-state index is -0.131. The second-order valence-corrected chi connectivity index (χ2v) is 13.7. The van der Waals surface area contributed by atoms with Crippen molar-refractivity contribution in [1.29, 1.82) is 0 Å². The van der Waals surface area contributed by atoms with E-state index in [0.29, 0.717) is 48.3 Å². The van der Waals surface area contributed by atoms with Crippen LogP contribution in [0.25, 0.3) is 0 Å². The molecule has 1 aromatic rings. The van der Waals surface area contributed by atoms with Gasteiger partial charge in [0.2, 0.25) is 0 Å².